The Balaban J connectivity index is 1.26. The molecule has 5 heteroatoms. The molecule has 0 aliphatic heterocycles. The number of hydrogen-bond acceptors (Lipinski definition) is 4. The molecule has 0 unspecified atom stereocenters. The van der Waals surface area contributed by atoms with Crippen LogP contribution in [0.2, 0.25) is 0 Å². The minimum atomic E-state index is -0.764. The molecule has 5 nitrogen and oxygen atoms in total. The van der Waals surface area contributed by atoms with Gasteiger partial charge in [0.25, 0.3) is 0 Å². The Morgan fingerprint density at radius 3 is 2.59 bits per heavy atom. The number of hydrogen-bond donors (Lipinski definition) is 1. The van der Waals surface area contributed by atoms with Crippen LogP contribution in [0.25, 0.3) is 0 Å². The Labute approximate surface area is 206 Å². The number of fused-ring (bicyclic) bond motifs is 5. The van der Waals surface area contributed by atoms with Gasteiger partial charge >= 0.3 is 0 Å². The van der Waals surface area contributed by atoms with Gasteiger partial charge in [-0.15, -0.1) is 0 Å². The number of ether oxygens (including phenoxy) is 1. The van der Waals surface area contributed by atoms with Crippen molar-refractivity contribution in [1.82, 2.24) is 4.90 Å². The highest BCUT2D eigenvalue weighted by molar-refractivity contribution is 5.87. The molecule has 5 aliphatic rings. The molecule has 5 rings (SSSR count). The van der Waals surface area contributed by atoms with E-state index in [1.807, 2.05) is 11.8 Å². The van der Waals surface area contributed by atoms with Crippen LogP contribution >= 0.6 is 0 Å². The molecule has 5 saturated carbocycles. The molecule has 192 valence electrons. The second-order valence-electron chi connectivity index (χ2n) is 13.1. The van der Waals surface area contributed by atoms with E-state index in [9.17, 15) is 14.7 Å². The SMILES string of the molecule is CCOCCCN(C[C@@]1(O)CC[C@@]2(C)[C@@H](CC[C@@H]3[C@@H]2CC[C@]2(C)C(=O)CC[C@@H]32)C1)C(=O)C1CC1. The predicted octanol–water partition coefficient (Wildman–Crippen LogP) is 4.99. The number of amides is 1. The summed E-state index contributed by atoms with van der Waals surface area (Å²) in [6.45, 7) is 9.33. The molecule has 0 aromatic carbocycles. The van der Waals surface area contributed by atoms with Gasteiger partial charge in [-0.3, -0.25) is 9.59 Å². The average molecular weight is 474 g/mol. The van der Waals surface area contributed by atoms with Gasteiger partial charge in [0.1, 0.15) is 5.78 Å². The zero-order valence-electron chi connectivity index (χ0n) is 21.8. The maximum atomic E-state index is 13.0. The number of ketones is 1. The fourth-order valence-corrected chi connectivity index (χ4v) is 8.95. The number of nitrogens with zero attached hydrogens (tertiary/aromatic N) is 1. The van der Waals surface area contributed by atoms with Crippen LogP contribution in [-0.4, -0.2) is 53.6 Å². The van der Waals surface area contributed by atoms with Crippen molar-refractivity contribution >= 4 is 11.7 Å². The van der Waals surface area contributed by atoms with E-state index >= 15 is 0 Å². The summed E-state index contributed by atoms with van der Waals surface area (Å²) in [5.41, 5.74) is -0.562. The van der Waals surface area contributed by atoms with Gasteiger partial charge in [0.15, 0.2) is 0 Å². The first kappa shape index (κ1) is 24.7. The van der Waals surface area contributed by atoms with Gasteiger partial charge in [-0.2, -0.15) is 0 Å². The average Bonchev–Trinajstić information content (AvgIpc) is 3.61. The summed E-state index contributed by atoms with van der Waals surface area (Å²) in [7, 11) is 0. The van der Waals surface area contributed by atoms with Crippen LogP contribution in [0.5, 0.6) is 0 Å². The molecule has 0 aromatic heterocycles. The van der Waals surface area contributed by atoms with Gasteiger partial charge in [-0.1, -0.05) is 13.8 Å². The molecule has 0 radical (unpaired) electrons. The van der Waals surface area contributed by atoms with Crippen molar-refractivity contribution < 1.29 is 19.4 Å². The highest BCUT2D eigenvalue weighted by Crippen LogP contribution is 2.66. The van der Waals surface area contributed by atoms with Gasteiger partial charge in [0.05, 0.1) is 5.60 Å². The Bertz CT molecular complexity index is 795. The molecule has 0 heterocycles. The van der Waals surface area contributed by atoms with E-state index in [0.29, 0.717) is 55.8 Å². The maximum absolute atomic E-state index is 13.0. The number of Topliss-reactive ketones (excluding diaryl/α,β-unsaturated/α-hetero) is 1. The van der Waals surface area contributed by atoms with Gasteiger partial charge in [-0.25, -0.2) is 0 Å². The molecular formula is C29H47NO4. The summed E-state index contributed by atoms with van der Waals surface area (Å²) >= 11 is 0. The van der Waals surface area contributed by atoms with Crippen LogP contribution in [0.1, 0.15) is 97.8 Å². The van der Waals surface area contributed by atoms with Gasteiger partial charge in [0.2, 0.25) is 5.91 Å². The number of rotatable bonds is 8. The molecule has 34 heavy (non-hydrogen) atoms. The number of carbonyl (C=O) groups excluding carboxylic acids is 2. The van der Waals surface area contributed by atoms with E-state index < -0.39 is 5.60 Å². The monoisotopic (exact) mass is 473 g/mol. The highest BCUT2D eigenvalue weighted by atomic mass is 16.5. The predicted molar refractivity (Wildman–Crippen MR) is 132 cm³/mol. The Morgan fingerprint density at radius 1 is 1.06 bits per heavy atom. The zero-order chi connectivity index (χ0) is 24.1. The van der Waals surface area contributed by atoms with E-state index in [0.717, 1.165) is 57.8 Å². The van der Waals surface area contributed by atoms with Gasteiger partial charge in [-0.05, 0) is 107 Å². The third-order valence-corrected chi connectivity index (χ3v) is 11.2. The van der Waals surface area contributed by atoms with Gasteiger partial charge in [0, 0.05) is 44.1 Å². The molecule has 1 N–H and O–H groups in total. The molecule has 1 amide bonds. The normalized spacial score (nSPS) is 43.7. The Hall–Kier alpha value is -0.940. The second kappa shape index (κ2) is 9.18. The molecule has 5 fully saturated rings. The van der Waals surface area contributed by atoms with Crippen molar-refractivity contribution in [3.05, 3.63) is 0 Å². The summed E-state index contributed by atoms with van der Waals surface area (Å²) in [4.78, 5) is 27.7. The lowest BCUT2D eigenvalue weighted by atomic mass is 9.44. The van der Waals surface area contributed by atoms with E-state index in [-0.39, 0.29) is 22.7 Å². The first-order valence-corrected chi connectivity index (χ1v) is 14.3. The largest absolute Gasteiger partial charge is 0.388 e. The molecule has 0 aromatic rings. The van der Waals surface area contributed by atoms with Crippen molar-refractivity contribution in [3.8, 4) is 0 Å². The molecule has 0 saturated heterocycles. The molecule has 7 atom stereocenters. The quantitative estimate of drug-likeness (QED) is 0.504. The third-order valence-electron chi connectivity index (χ3n) is 11.2. The fraction of sp³-hybridized carbons (Fsp3) is 0.931. The summed E-state index contributed by atoms with van der Waals surface area (Å²) in [5, 5.41) is 11.8. The van der Waals surface area contributed by atoms with Crippen LogP contribution in [0.3, 0.4) is 0 Å². The van der Waals surface area contributed by atoms with Crippen molar-refractivity contribution in [2.75, 3.05) is 26.3 Å². The summed E-state index contributed by atoms with van der Waals surface area (Å²) < 4.78 is 5.51. The first-order chi connectivity index (χ1) is 16.2. The Morgan fingerprint density at radius 2 is 1.85 bits per heavy atom. The zero-order valence-corrected chi connectivity index (χ0v) is 21.8. The lowest BCUT2D eigenvalue weighted by Crippen LogP contribution is -2.58. The van der Waals surface area contributed by atoms with Crippen molar-refractivity contribution in [3.63, 3.8) is 0 Å². The maximum Gasteiger partial charge on any atom is 0.225 e. The summed E-state index contributed by atoms with van der Waals surface area (Å²) in [6.07, 6.45) is 12.0. The minimum absolute atomic E-state index is 0.0646. The highest BCUT2D eigenvalue weighted by Gasteiger charge is 2.61. The van der Waals surface area contributed by atoms with Crippen LogP contribution in [0, 0.1) is 40.4 Å². The van der Waals surface area contributed by atoms with Crippen LogP contribution < -0.4 is 0 Å². The molecule has 5 aliphatic carbocycles. The number of carbonyl (C=O) groups is 2. The van der Waals surface area contributed by atoms with E-state index in [1.54, 1.807) is 0 Å². The fourth-order valence-electron chi connectivity index (χ4n) is 8.95. The molecule has 0 spiro atoms. The third kappa shape index (κ3) is 4.27. The lowest BCUT2D eigenvalue weighted by molar-refractivity contribution is -0.161. The van der Waals surface area contributed by atoms with E-state index in [2.05, 4.69) is 13.8 Å². The standard InChI is InChI=1S/C29H47NO4/c1-4-34-17-5-16-30(26(32)20-6-7-20)19-29(33)15-14-27(2)21(18-29)8-9-22-23-10-11-25(31)28(23,3)13-12-24(22)27/h20-24,33H,4-19H2,1-3H3/t21-,22-,23-,24-,27-,28-,29+/m0/s1. The Kier molecular flexibility index (Phi) is 6.68. The van der Waals surface area contributed by atoms with Gasteiger partial charge < -0.3 is 14.7 Å². The number of aliphatic hydroxyl groups is 1. The summed E-state index contributed by atoms with van der Waals surface area (Å²) in [5.74, 6) is 3.43. The molecule has 0 bridgehead atoms. The smallest absolute Gasteiger partial charge is 0.225 e. The first-order valence-electron chi connectivity index (χ1n) is 14.3. The molecular weight excluding hydrogens is 426 g/mol. The summed E-state index contributed by atoms with van der Waals surface area (Å²) in [6, 6.07) is 0. The van der Waals surface area contributed by atoms with Crippen LogP contribution in [0.4, 0.5) is 0 Å². The van der Waals surface area contributed by atoms with Crippen molar-refractivity contribution in [2.24, 2.45) is 40.4 Å². The van der Waals surface area contributed by atoms with Crippen LogP contribution in [0.15, 0.2) is 0 Å². The van der Waals surface area contributed by atoms with Crippen molar-refractivity contribution in [2.45, 2.75) is 103 Å². The van der Waals surface area contributed by atoms with E-state index in [4.69, 9.17) is 4.74 Å². The van der Waals surface area contributed by atoms with E-state index in [1.165, 1.54) is 19.3 Å². The van der Waals surface area contributed by atoms with Crippen LogP contribution in [-0.2, 0) is 14.3 Å². The van der Waals surface area contributed by atoms with Crippen molar-refractivity contribution in [1.29, 1.82) is 0 Å². The topological polar surface area (TPSA) is 66.8 Å². The minimum Gasteiger partial charge on any atom is -0.388 e. The second-order valence-corrected chi connectivity index (χ2v) is 13.1. The lowest BCUT2D eigenvalue weighted by Gasteiger charge is -2.61.